The Hall–Kier alpha value is -3.33. The molecule has 180 valence electrons. The number of carbonyl (C=O) groups is 1. The van der Waals surface area contributed by atoms with Crippen molar-refractivity contribution in [1.82, 2.24) is 20.0 Å². The van der Waals surface area contributed by atoms with Crippen molar-refractivity contribution < 1.29 is 22.7 Å². The van der Waals surface area contributed by atoms with E-state index in [4.69, 9.17) is 0 Å². The van der Waals surface area contributed by atoms with Gasteiger partial charge in [-0.1, -0.05) is 42.5 Å². The Bertz CT molecular complexity index is 1130. The van der Waals surface area contributed by atoms with Crippen LogP contribution in [0.15, 0.2) is 54.6 Å². The van der Waals surface area contributed by atoms with Crippen LogP contribution in [0.5, 0.6) is 5.75 Å². The van der Waals surface area contributed by atoms with E-state index in [-0.39, 0.29) is 17.7 Å². The lowest BCUT2D eigenvalue weighted by Crippen LogP contribution is -2.35. The van der Waals surface area contributed by atoms with Gasteiger partial charge >= 0.3 is 6.36 Å². The first-order valence-electron chi connectivity index (χ1n) is 11.1. The van der Waals surface area contributed by atoms with Gasteiger partial charge in [-0.3, -0.25) is 9.48 Å². The van der Waals surface area contributed by atoms with Crippen molar-refractivity contribution in [2.45, 2.75) is 44.8 Å². The molecular weight excluding hydrogens is 445 g/mol. The topological polar surface area (TPSA) is 59.4 Å². The lowest BCUT2D eigenvalue weighted by atomic mass is 9.91. The number of hydrogen-bond acceptors (Lipinski definition) is 4. The summed E-state index contributed by atoms with van der Waals surface area (Å²) < 4.78 is 42.7. The minimum atomic E-state index is -4.70. The summed E-state index contributed by atoms with van der Waals surface area (Å²) in [6.45, 7) is 1.00. The molecule has 1 heterocycles. The van der Waals surface area contributed by atoms with Gasteiger partial charge in [-0.25, -0.2) is 0 Å². The fourth-order valence-corrected chi connectivity index (χ4v) is 4.32. The Kier molecular flexibility index (Phi) is 6.92. The lowest BCUT2D eigenvalue weighted by molar-refractivity contribution is -0.274. The molecule has 1 aliphatic rings. The Morgan fingerprint density at radius 3 is 2.53 bits per heavy atom. The molecule has 34 heavy (non-hydrogen) atoms. The summed E-state index contributed by atoms with van der Waals surface area (Å²) in [6.07, 6.45) is -2.36. The molecule has 3 aromatic rings. The van der Waals surface area contributed by atoms with Crippen molar-refractivity contribution in [3.05, 3.63) is 82.7 Å². The van der Waals surface area contributed by atoms with Crippen LogP contribution in [0.2, 0.25) is 0 Å². The number of alkyl halides is 3. The zero-order valence-corrected chi connectivity index (χ0v) is 19.1. The number of hydrogen-bond donors (Lipinski definition) is 1. The number of benzene rings is 2. The van der Waals surface area contributed by atoms with Gasteiger partial charge in [0, 0.05) is 44.5 Å². The highest BCUT2D eigenvalue weighted by molar-refractivity contribution is 5.94. The van der Waals surface area contributed by atoms with E-state index in [0.717, 1.165) is 35.2 Å². The smallest absolute Gasteiger partial charge is 0.406 e. The number of aryl methyl sites for hydroxylation is 1. The third kappa shape index (κ3) is 5.77. The second-order valence-corrected chi connectivity index (χ2v) is 8.56. The zero-order chi connectivity index (χ0) is 24.3. The average Bonchev–Trinajstić information content (AvgIpc) is 3.13. The molecule has 0 bridgehead atoms. The largest absolute Gasteiger partial charge is 0.573 e. The predicted octanol–water partition coefficient (Wildman–Crippen LogP) is 4.24. The monoisotopic (exact) mass is 472 g/mol. The van der Waals surface area contributed by atoms with Gasteiger partial charge in [0.25, 0.3) is 5.91 Å². The Morgan fingerprint density at radius 1 is 1.15 bits per heavy atom. The van der Waals surface area contributed by atoms with E-state index < -0.39 is 6.36 Å². The van der Waals surface area contributed by atoms with Gasteiger partial charge in [0.1, 0.15) is 5.75 Å². The molecule has 1 unspecified atom stereocenters. The van der Waals surface area contributed by atoms with Crippen LogP contribution >= 0.6 is 0 Å². The van der Waals surface area contributed by atoms with E-state index in [1.54, 1.807) is 28.8 Å². The van der Waals surface area contributed by atoms with Gasteiger partial charge in [0.2, 0.25) is 0 Å². The molecule has 0 radical (unpaired) electrons. The van der Waals surface area contributed by atoms with E-state index in [9.17, 15) is 18.0 Å². The first-order valence-corrected chi connectivity index (χ1v) is 11.1. The van der Waals surface area contributed by atoms with Crippen molar-refractivity contribution in [1.29, 1.82) is 0 Å². The van der Waals surface area contributed by atoms with Crippen LogP contribution in [0.4, 0.5) is 13.2 Å². The first-order chi connectivity index (χ1) is 16.2. The number of fused-ring (bicyclic) bond motifs is 1. The highest BCUT2D eigenvalue weighted by atomic mass is 19.4. The minimum Gasteiger partial charge on any atom is -0.406 e. The number of amides is 1. The van der Waals surface area contributed by atoms with Crippen molar-refractivity contribution in [2.24, 2.45) is 7.05 Å². The van der Waals surface area contributed by atoms with Crippen molar-refractivity contribution >= 4 is 5.91 Å². The zero-order valence-electron chi connectivity index (χ0n) is 19.1. The summed E-state index contributed by atoms with van der Waals surface area (Å²) in [7, 11) is 3.65. The summed E-state index contributed by atoms with van der Waals surface area (Å²) in [4.78, 5) is 14.9. The SMILES string of the molecule is CN(Cc1ccccc1)C(=O)c1nn(C)c2c1CC(NCc1ccc(OC(F)(F)F)cc1)CC2. The molecule has 1 aliphatic carbocycles. The van der Waals surface area contributed by atoms with E-state index >= 15 is 0 Å². The van der Waals surface area contributed by atoms with Crippen LogP contribution < -0.4 is 10.1 Å². The van der Waals surface area contributed by atoms with Crippen LogP contribution in [0.25, 0.3) is 0 Å². The Balaban J connectivity index is 1.39. The molecule has 9 heteroatoms. The Morgan fingerprint density at radius 2 is 1.85 bits per heavy atom. The highest BCUT2D eigenvalue weighted by Gasteiger charge is 2.31. The fourth-order valence-electron chi connectivity index (χ4n) is 4.32. The standard InChI is InChI=1S/C25H27F3N4O2/c1-31(16-18-6-4-3-5-7-18)24(33)23-21-14-19(10-13-22(21)32(2)30-23)29-15-17-8-11-20(12-9-17)34-25(26,27)28/h3-9,11-12,19,29H,10,13-16H2,1-2H3. The molecule has 0 saturated heterocycles. The summed E-state index contributed by atoms with van der Waals surface area (Å²) in [5, 5.41) is 8.00. The number of halogens is 3. The molecule has 6 nitrogen and oxygen atoms in total. The van der Waals surface area contributed by atoms with E-state index in [2.05, 4.69) is 15.2 Å². The van der Waals surface area contributed by atoms with E-state index in [1.165, 1.54) is 12.1 Å². The summed E-state index contributed by atoms with van der Waals surface area (Å²) in [5.41, 5.74) is 4.42. The molecule has 1 aromatic heterocycles. The van der Waals surface area contributed by atoms with Gasteiger partial charge in [0.05, 0.1) is 0 Å². The number of nitrogens with zero attached hydrogens (tertiary/aromatic N) is 3. The van der Waals surface area contributed by atoms with Crippen LogP contribution in [0, 0.1) is 0 Å². The molecule has 0 fully saturated rings. The first kappa shape index (κ1) is 23.8. The predicted molar refractivity (Wildman–Crippen MR) is 121 cm³/mol. The van der Waals surface area contributed by atoms with Gasteiger partial charge in [-0.05, 0) is 42.5 Å². The minimum absolute atomic E-state index is 0.110. The average molecular weight is 473 g/mol. The van der Waals surface area contributed by atoms with Crippen LogP contribution in [0.3, 0.4) is 0 Å². The lowest BCUT2D eigenvalue weighted by Gasteiger charge is -2.25. The third-order valence-electron chi connectivity index (χ3n) is 6.02. The maximum atomic E-state index is 13.2. The molecule has 1 amide bonds. The molecule has 0 spiro atoms. The van der Waals surface area contributed by atoms with E-state index in [0.29, 0.717) is 25.2 Å². The molecule has 4 rings (SSSR count). The molecule has 1 atom stereocenters. The molecule has 0 saturated carbocycles. The molecule has 1 N–H and O–H groups in total. The maximum absolute atomic E-state index is 13.2. The number of ether oxygens (including phenoxy) is 1. The quantitative estimate of drug-likeness (QED) is 0.559. The normalized spacial score (nSPS) is 15.6. The summed E-state index contributed by atoms with van der Waals surface area (Å²) in [5.74, 6) is -0.349. The van der Waals surface area contributed by atoms with E-state index in [1.807, 2.05) is 37.4 Å². The van der Waals surface area contributed by atoms with Crippen molar-refractivity contribution in [3.63, 3.8) is 0 Å². The maximum Gasteiger partial charge on any atom is 0.573 e. The van der Waals surface area contributed by atoms with Crippen LogP contribution in [-0.4, -0.2) is 40.0 Å². The number of aromatic nitrogens is 2. The molecular formula is C25H27F3N4O2. The van der Waals surface area contributed by atoms with Crippen molar-refractivity contribution in [2.75, 3.05) is 7.05 Å². The van der Waals surface area contributed by atoms with Gasteiger partial charge in [0.15, 0.2) is 5.69 Å². The number of rotatable bonds is 7. The van der Waals surface area contributed by atoms with Crippen LogP contribution in [-0.2, 0) is 33.0 Å². The summed E-state index contributed by atoms with van der Waals surface area (Å²) in [6, 6.07) is 15.8. The summed E-state index contributed by atoms with van der Waals surface area (Å²) >= 11 is 0. The Labute approximate surface area is 196 Å². The second-order valence-electron chi connectivity index (χ2n) is 8.56. The number of nitrogens with one attached hydrogen (secondary N) is 1. The third-order valence-corrected chi connectivity index (χ3v) is 6.02. The number of carbonyl (C=O) groups excluding carboxylic acids is 1. The van der Waals surface area contributed by atoms with Crippen molar-refractivity contribution in [3.8, 4) is 5.75 Å². The highest BCUT2D eigenvalue weighted by Crippen LogP contribution is 2.26. The second kappa shape index (κ2) is 9.89. The molecule has 2 aromatic carbocycles. The molecule has 0 aliphatic heterocycles. The van der Waals surface area contributed by atoms with Gasteiger partial charge < -0.3 is 15.0 Å². The van der Waals surface area contributed by atoms with Gasteiger partial charge in [-0.2, -0.15) is 5.10 Å². The van der Waals surface area contributed by atoms with Crippen LogP contribution in [0.1, 0.15) is 39.3 Å². The fraction of sp³-hybridized carbons (Fsp3) is 0.360. The van der Waals surface area contributed by atoms with Gasteiger partial charge in [-0.15, -0.1) is 13.2 Å².